The van der Waals surface area contributed by atoms with Crippen LogP contribution in [0.1, 0.15) is 29.5 Å². The zero-order valence-electron chi connectivity index (χ0n) is 14.5. The van der Waals surface area contributed by atoms with Crippen LogP contribution in [0.25, 0.3) is 0 Å². The summed E-state index contributed by atoms with van der Waals surface area (Å²) in [5.74, 6) is -0.591. The van der Waals surface area contributed by atoms with Crippen molar-refractivity contribution in [3.8, 4) is 0 Å². The lowest BCUT2D eigenvalue weighted by molar-refractivity contribution is -0.124. The molecule has 0 aliphatic carbocycles. The monoisotopic (exact) mass is 391 g/mol. The molecule has 0 saturated heterocycles. The lowest BCUT2D eigenvalue weighted by atomic mass is 10.1. The fraction of sp³-hybridized carbons (Fsp3) is 0.211. The van der Waals surface area contributed by atoms with Gasteiger partial charge < -0.3 is 5.32 Å². The standard InChI is InChI=1S/C19H19Cl2N3O2/c1-12-6-7-13(2)16(10-12)23-17(25)8-9-18(26)24-22-11-14-4-3-5-15(20)19(14)21/h3-7,10-11H,8-9H2,1-2H3,(H,23,25)(H,24,26)/b22-11+. The van der Waals surface area contributed by atoms with Crippen LogP contribution in [0, 0.1) is 13.8 Å². The Balaban J connectivity index is 1.81. The number of rotatable bonds is 6. The summed E-state index contributed by atoms with van der Waals surface area (Å²) in [7, 11) is 0. The number of hydrogen-bond acceptors (Lipinski definition) is 3. The predicted octanol–water partition coefficient (Wildman–Crippen LogP) is 4.48. The lowest BCUT2D eigenvalue weighted by Crippen LogP contribution is -2.21. The maximum Gasteiger partial charge on any atom is 0.240 e. The van der Waals surface area contributed by atoms with Crippen LogP contribution in [0.4, 0.5) is 5.69 Å². The van der Waals surface area contributed by atoms with Crippen molar-refractivity contribution in [2.24, 2.45) is 5.10 Å². The van der Waals surface area contributed by atoms with Crippen LogP contribution in [0.3, 0.4) is 0 Å². The van der Waals surface area contributed by atoms with E-state index in [0.29, 0.717) is 15.6 Å². The Morgan fingerprint density at radius 3 is 2.58 bits per heavy atom. The van der Waals surface area contributed by atoms with Gasteiger partial charge in [-0.15, -0.1) is 0 Å². The van der Waals surface area contributed by atoms with Crippen molar-refractivity contribution in [2.75, 3.05) is 5.32 Å². The Morgan fingerprint density at radius 1 is 1.08 bits per heavy atom. The smallest absolute Gasteiger partial charge is 0.240 e. The largest absolute Gasteiger partial charge is 0.326 e. The molecule has 136 valence electrons. The number of amides is 2. The summed E-state index contributed by atoms with van der Waals surface area (Å²) >= 11 is 11.9. The van der Waals surface area contributed by atoms with Crippen molar-refractivity contribution < 1.29 is 9.59 Å². The molecule has 0 saturated carbocycles. The molecule has 0 bridgehead atoms. The molecule has 0 aliphatic heterocycles. The van der Waals surface area contributed by atoms with E-state index in [9.17, 15) is 9.59 Å². The van der Waals surface area contributed by atoms with Crippen molar-refractivity contribution in [3.63, 3.8) is 0 Å². The summed E-state index contributed by atoms with van der Waals surface area (Å²) in [6, 6.07) is 10.9. The summed E-state index contributed by atoms with van der Waals surface area (Å²) in [4.78, 5) is 23.8. The maximum absolute atomic E-state index is 12.0. The van der Waals surface area contributed by atoms with E-state index in [0.717, 1.165) is 16.8 Å². The van der Waals surface area contributed by atoms with Gasteiger partial charge in [-0.2, -0.15) is 5.10 Å². The number of nitrogens with one attached hydrogen (secondary N) is 2. The zero-order valence-corrected chi connectivity index (χ0v) is 16.0. The van der Waals surface area contributed by atoms with Gasteiger partial charge in [0.1, 0.15) is 0 Å². The molecule has 7 heteroatoms. The van der Waals surface area contributed by atoms with Gasteiger partial charge in [-0.1, -0.05) is 47.5 Å². The second kappa shape index (κ2) is 9.36. The minimum atomic E-state index is -0.365. The molecule has 2 N–H and O–H groups in total. The Hall–Kier alpha value is -2.37. The van der Waals surface area contributed by atoms with Crippen LogP contribution < -0.4 is 10.7 Å². The van der Waals surface area contributed by atoms with E-state index in [4.69, 9.17) is 23.2 Å². The number of carbonyl (C=O) groups is 2. The summed E-state index contributed by atoms with van der Waals surface area (Å²) in [5, 5.41) is 7.41. The fourth-order valence-electron chi connectivity index (χ4n) is 2.16. The normalized spacial score (nSPS) is 10.8. The summed E-state index contributed by atoms with van der Waals surface area (Å²) < 4.78 is 0. The maximum atomic E-state index is 12.0. The minimum absolute atomic E-state index is 0.0251. The third-order valence-electron chi connectivity index (χ3n) is 3.62. The molecule has 5 nitrogen and oxygen atoms in total. The molecule has 2 aromatic rings. The summed E-state index contributed by atoms with van der Waals surface area (Å²) in [5.41, 5.74) is 5.73. The highest BCUT2D eigenvalue weighted by Gasteiger charge is 2.08. The van der Waals surface area contributed by atoms with E-state index < -0.39 is 0 Å². The SMILES string of the molecule is Cc1ccc(C)c(NC(=O)CCC(=O)N/N=C/c2cccc(Cl)c2Cl)c1. The molecule has 0 heterocycles. The Kier molecular flexibility index (Phi) is 7.18. The number of benzene rings is 2. The van der Waals surface area contributed by atoms with Gasteiger partial charge in [-0.25, -0.2) is 5.43 Å². The first-order valence-electron chi connectivity index (χ1n) is 8.00. The van der Waals surface area contributed by atoms with Crippen LogP contribution >= 0.6 is 23.2 Å². The van der Waals surface area contributed by atoms with E-state index in [1.807, 2.05) is 32.0 Å². The quantitative estimate of drug-likeness (QED) is 0.562. The molecular formula is C19H19Cl2N3O2. The van der Waals surface area contributed by atoms with E-state index in [1.54, 1.807) is 18.2 Å². The molecule has 0 aliphatic rings. The van der Waals surface area contributed by atoms with Crippen LogP contribution in [0.2, 0.25) is 10.0 Å². The van der Waals surface area contributed by atoms with Gasteiger partial charge in [0.2, 0.25) is 11.8 Å². The predicted molar refractivity (Wildman–Crippen MR) is 106 cm³/mol. The van der Waals surface area contributed by atoms with Gasteiger partial charge >= 0.3 is 0 Å². The molecule has 0 aromatic heterocycles. The van der Waals surface area contributed by atoms with Crippen LogP contribution in [0.15, 0.2) is 41.5 Å². The highest BCUT2D eigenvalue weighted by molar-refractivity contribution is 6.43. The minimum Gasteiger partial charge on any atom is -0.326 e. The summed E-state index contributed by atoms with van der Waals surface area (Å²) in [6.07, 6.45) is 1.49. The first kappa shape index (κ1) is 19.9. The van der Waals surface area contributed by atoms with Gasteiger partial charge in [0, 0.05) is 24.1 Å². The second-order valence-electron chi connectivity index (χ2n) is 5.80. The Labute approximate surface area is 162 Å². The lowest BCUT2D eigenvalue weighted by Gasteiger charge is -2.09. The topological polar surface area (TPSA) is 70.6 Å². The number of hydrazone groups is 1. The molecule has 0 atom stereocenters. The molecular weight excluding hydrogens is 373 g/mol. The third kappa shape index (κ3) is 5.86. The van der Waals surface area contributed by atoms with Crippen molar-refractivity contribution in [3.05, 3.63) is 63.1 Å². The first-order valence-corrected chi connectivity index (χ1v) is 8.75. The summed E-state index contributed by atoms with van der Waals surface area (Å²) in [6.45, 7) is 3.87. The van der Waals surface area contributed by atoms with Crippen molar-refractivity contribution in [1.82, 2.24) is 5.43 Å². The molecule has 2 aromatic carbocycles. The molecule has 26 heavy (non-hydrogen) atoms. The van der Waals surface area contributed by atoms with Crippen LogP contribution in [-0.2, 0) is 9.59 Å². The number of aryl methyl sites for hydroxylation is 2. The van der Waals surface area contributed by atoms with Gasteiger partial charge in [-0.3, -0.25) is 9.59 Å². The number of halogens is 2. The van der Waals surface area contributed by atoms with Crippen LogP contribution in [-0.4, -0.2) is 18.0 Å². The molecule has 0 radical (unpaired) electrons. The highest BCUT2D eigenvalue weighted by atomic mass is 35.5. The first-order chi connectivity index (χ1) is 12.4. The fourth-order valence-corrected chi connectivity index (χ4v) is 2.52. The average molecular weight is 392 g/mol. The van der Waals surface area contributed by atoms with E-state index >= 15 is 0 Å². The van der Waals surface area contributed by atoms with Crippen molar-refractivity contribution in [1.29, 1.82) is 0 Å². The zero-order chi connectivity index (χ0) is 19.1. The number of carbonyl (C=O) groups excluding carboxylic acids is 2. The van der Waals surface area contributed by atoms with Crippen molar-refractivity contribution in [2.45, 2.75) is 26.7 Å². The van der Waals surface area contributed by atoms with Crippen LogP contribution in [0.5, 0.6) is 0 Å². The van der Waals surface area contributed by atoms with Crippen molar-refractivity contribution >= 4 is 46.9 Å². The number of nitrogens with zero attached hydrogens (tertiary/aromatic N) is 1. The third-order valence-corrected chi connectivity index (χ3v) is 4.45. The van der Waals surface area contributed by atoms with Gasteiger partial charge in [-0.05, 0) is 37.1 Å². The average Bonchev–Trinajstić information content (AvgIpc) is 2.60. The van der Waals surface area contributed by atoms with Gasteiger partial charge in [0.05, 0.1) is 16.3 Å². The number of anilines is 1. The number of hydrogen-bond donors (Lipinski definition) is 2. The molecule has 0 unspecified atom stereocenters. The van der Waals surface area contributed by atoms with E-state index in [-0.39, 0.29) is 24.7 Å². The van der Waals surface area contributed by atoms with Gasteiger partial charge in [0.15, 0.2) is 0 Å². The van der Waals surface area contributed by atoms with E-state index in [2.05, 4.69) is 15.8 Å². The second-order valence-corrected chi connectivity index (χ2v) is 6.59. The molecule has 0 fully saturated rings. The van der Waals surface area contributed by atoms with E-state index in [1.165, 1.54) is 6.21 Å². The molecule has 0 spiro atoms. The van der Waals surface area contributed by atoms with Gasteiger partial charge in [0.25, 0.3) is 0 Å². The highest BCUT2D eigenvalue weighted by Crippen LogP contribution is 2.24. The molecule has 2 rings (SSSR count). The molecule has 2 amide bonds. The Morgan fingerprint density at radius 2 is 1.81 bits per heavy atom. The Bertz CT molecular complexity index is 851.